The summed E-state index contributed by atoms with van der Waals surface area (Å²) in [5.74, 6) is -8.79. The number of amides is 9. The number of primary amides is 1. The highest BCUT2D eigenvalue weighted by molar-refractivity contribution is 6.13. The van der Waals surface area contributed by atoms with Gasteiger partial charge in [0.05, 0.1) is 78.3 Å². The van der Waals surface area contributed by atoms with Crippen LogP contribution in [0, 0.1) is 30.0 Å². The van der Waals surface area contributed by atoms with E-state index >= 15 is 4.39 Å². The Morgan fingerprint density at radius 1 is 0.904 bits per heavy atom. The minimum atomic E-state index is -2.08. The number of rotatable bonds is 30. The zero-order chi connectivity index (χ0) is 68.8. The van der Waals surface area contributed by atoms with E-state index in [1.165, 1.54) is 17.6 Å². The van der Waals surface area contributed by atoms with Gasteiger partial charge in [-0.2, -0.15) is 0 Å². The molecule has 3 aromatic rings. The van der Waals surface area contributed by atoms with Crippen molar-refractivity contribution in [3.63, 3.8) is 0 Å². The van der Waals surface area contributed by atoms with Crippen molar-refractivity contribution in [1.29, 1.82) is 0 Å². The third-order valence-corrected chi connectivity index (χ3v) is 17.8. The van der Waals surface area contributed by atoms with E-state index in [2.05, 4.69) is 31.9 Å². The Labute approximate surface area is 539 Å². The Hall–Kier alpha value is -8.62. The van der Waals surface area contributed by atoms with Crippen molar-refractivity contribution in [1.82, 2.24) is 46.4 Å². The SMILES string of the molecule is CC[C@@]1(O)C(=O)OCc2c1cc1n(c2=O)Cc2c-1nc1cc(F)c(C)c3c1c2[C@@H](NC(=O)C(C)(C)COCNC(=O)[C@H](C)CC(=O)[C@@H](NC(=O)[C@H](CCC(=O)NC[C@H]1O[C@@H](CC(N)=O)[C@H](O)[C@@H]1O)NC(=O)CCNC(=O)OCC[C@H](CN)N1C(=O)C=CC1=O)C(C)C)CC3. The maximum absolute atomic E-state index is 15.6. The van der Waals surface area contributed by atoms with Crippen molar-refractivity contribution in [3.05, 3.63) is 73.8 Å². The number of esters is 1. The van der Waals surface area contributed by atoms with Gasteiger partial charge in [0.2, 0.25) is 35.4 Å². The van der Waals surface area contributed by atoms with Crippen LogP contribution in [0.3, 0.4) is 0 Å². The highest BCUT2D eigenvalue weighted by atomic mass is 19.1. The molecular formula is C63H82FN11O19. The summed E-state index contributed by atoms with van der Waals surface area (Å²) in [7, 11) is 0. The molecule has 0 unspecified atom stereocenters. The molecule has 94 heavy (non-hydrogen) atoms. The second-order valence-corrected chi connectivity index (χ2v) is 25.3. The molecule has 0 bridgehead atoms. The number of hydrogen-bond donors (Lipinski definition) is 11. The van der Waals surface area contributed by atoms with Crippen LogP contribution in [-0.4, -0.2) is 177 Å². The Balaban J connectivity index is 0.852. The molecule has 9 amide bonds. The lowest BCUT2D eigenvalue weighted by atomic mass is 9.81. The first kappa shape index (κ1) is 71.2. The van der Waals surface area contributed by atoms with Gasteiger partial charge < -0.3 is 82.2 Å². The van der Waals surface area contributed by atoms with Gasteiger partial charge in [-0.3, -0.25) is 52.8 Å². The number of cyclic esters (lactones) is 1. The number of Topliss-reactive ketones (excluding diaryl/α,β-unsaturated/α-hetero) is 1. The van der Waals surface area contributed by atoms with Gasteiger partial charge in [0.15, 0.2) is 11.4 Å². The summed E-state index contributed by atoms with van der Waals surface area (Å²) >= 11 is 0. The predicted molar refractivity (Wildman–Crippen MR) is 328 cm³/mol. The zero-order valence-corrected chi connectivity index (χ0v) is 53.4. The molecule has 31 heteroatoms. The molecule has 0 saturated carbocycles. The first-order chi connectivity index (χ1) is 44.4. The molecule has 5 aliphatic rings. The summed E-state index contributed by atoms with van der Waals surface area (Å²) in [4.78, 5) is 163. The molecule has 10 atom stereocenters. The zero-order valence-electron chi connectivity index (χ0n) is 53.4. The van der Waals surface area contributed by atoms with Gasteiger partial charge in [-0.15, -0.1) is 0 Å². The van der Waals surface area contributed by atoms with Crippen molar-refractivity contribution in [2.24, 2.45) is 28.7 Å². The van der Waals surface area contributed by atoms with E-state index in [1.807, 2.05) is 0 Å². The van der Waals surface area contributed by atoms with E-state index in [-0.39, 0.29) is 89.5 Å². The Morgan fingerprint density at radius 2 is 1.61 bits per heavy atom. The lowest BCUT2D eigenvalue weighted by molar-refractivity contribution is -0.172. The van der Waals surface area contributed by atoms with Crippen LogP contribution < -0.4 is 48.9 Å². The van der Waals surface area contributed by atoms with Gasteiger partial charge in [-0.25, -0.2) is 19.0 Å². The highest BCUT2D eigenvalue weighted by Crippen LogP contribution is 2.46. The van der Waals surface area contributed by atoms with E-state index < -0.39 is 167 Å². The molecule has 1 aliphatic carbocycles. The van der Waals surface area contributed by atoms with Gasteiger partial charge in [-0.05, 0) is 75.1 Å². The number of carbonyl (C=O) groups is 11. The molecule has 1 saturated heterocycles. The van der Waals surface area contributed by atoms with Crippen molar-refractivity contribution >= 4 is 76.0 Å². The number of imide groups is 1. The van der Waals surface area contributed by atoms with E-state index in [1.54, 1.807) is 47.6 Å². The number of carbonyl (C=O) groups excluding carboxylic acids is 11. The number of hydrogen-bond acceptors (Lipinski definition) is 21. The molecule has 4 aliphatic heterocycles. The maximum Gasteiger partial charge on any atom is 0.407 e. The molecule has 6 heterocycles. The van der Waals surface area contributed by atoms with Gasteiger partial charge in [0, 0.05) is 86.0 Å². The number of nitrogens with one attached hydrogen (secondary N) is 6. The van der Waals surface area contributed by atoms with Crippen LogP contribution in [-0.2, 0) is 92.1 Å². The Morgan fingerprint density at radius 3 is 2.28 bits per heavy atom. The molecule has 13 N–H and O–H groups in total. The highest BCUT2D eigenvalue weighted by Gasteiger charge is 2.47. The van der Waals surface area contributed by atoms with Crippen LogP contribution in [0.15, 0.2) is 29.1 Å². The number of aryl methyl sites for hydroxylation is 1. The second kappa shape index (κ2) is 29.8. The van der Waals surface area contributed by atoms with Gasteiger partial charge in [-0.1, -0.05) is 27.7 Å². The normalized spacial score (nSPS) is 21.5. The average molecular weight is 1320 g/mol. The van der Waals surface area contributed by atoms with Gasteiger partial charge in [0.1, 0.15) is 43.5 Å². The average Bonchev–Trinajstić information content (AvgIpc) is 1.46. The fourth-order valence-corrected chi connectivity index (χ4v) is 12.3. The number of aliphatic hydroxyl groups is 3. The number of nitrogens with zero attached hydrogens (tertiary/aromatic N) is 3. The number of aromatic nitrogens is 2. The smallest absolute Gasteiger partial charge is 0.407 e. The van der Waals surface area contributed by atoms with Crippen LogP contribution in [0.25, 0.3) is 22.3 Å². The van der Waals surface area contributed by atoms with Gasteiger partial charge >= 0.3 is 12.1 Å². The predicted octanol–water partition coefficient (Wildman–Crippen LogP) is -1.01. The van der Waals surface area contributed by atoms with E-state index in [0.717, 1.165) is 17.1 Å². The molecule has 2 aromatic heterocycles. The minimum Gasteiger partial charge on any atom is -0.458 e. The van der Waals surface area contributed by atoms with Crippen molar-refractivity contribution < 1.29 is 91.4 Å². The van der Waals surface area contributed by atoms with Crippen LogP contribution in [0.2, 0.25) is 0 Å². The topological polar surface area (TPSA) is 448 Å². The number of halogens is 1. The van der Waals surface area contributed by atoms with Crippen molar-refractivity contribution in [3.8, 4) is 11.4 Å². The first-order valence-corrected chi connectivity index (χ1v) is 31.2. The molecule has 8 rings (SSSR count). The minimum absolute atomic E-state index is 0.0275. The summed E-state index contributed by atoms with van der Waals surface area (Å²) in [5.41, 5.74) is 10.8. The molecule has 0 spiro atoms. The van der Waals surface area contributed by atoms with Crippen LogP contribution in [0.1, 0.15) is 132 Å². The molecule has 1 aromatic carbocycles. The summed E-state index contributed by atoms with van der Waals surface area (Å²) < 4.78 is 38.8. The number of ether oxygens (including phenoxy) is 4. The first-order valence-electron chi connectivity index (χ1n) is 31.2. The number of aliphatic hydroxyl groups excluding tert-OH is 2. The largest absolute Gasteiger partial charge is 0.458 e. The van der Waals surface area contributed by atoms with Crippen LogP contribution in [0.5, 0.6) is 0 Å². The lowest BCUT2D eigenvalue weighted by Crippen LogP contribution is -2.54. The molecule has 0 radical (unpaired) electrons. The van der Waals surface area contributed by atoms with E-state index in [9.17, 15) is 72.9 Å². The standard InChI is InChI=1S/C63H82FN11O19/c1-8-63(90)36-20-41-53-34(25-74(41)58(86)35(36)26-93-60(63)88)51-38(10-9-33-31(5)37(64)21-40(71-53)50(33)51)72-59(87)62(6,7)27-91-28-69-56(84)30(4)19-42(76)52(29(2)3)73-57(85)39(11-12-46(78)68-24-44-55(83)54(82)43(94-44)22-45(66)77)70-47(79)15-17-67-61(89)92-18-16-32(23-65)75-48(80)13-14-49(75)81/h13-14,20-21,29-30,32,38-39,43-44,52,54-55,82-83,90H,8-12,15-19,22-28,65H2,1-7H3,(H2,66,77)(H,67,89)(H,68,78)(H,69,84)(H,70,79)(H,72,87)(H,73,85)/t30-,32-,38+,39+,43+,44-,52+,54+,55-,63+/m1/s1. The fourth-order valence-electron chi connectivity index (χ4n) is 12.3. The number of nitrogens with two attached hydrogens (primary N) is 2. The third-order valence-electron chi connectivity index (χ3n) is 17.8. The fraction of sp³-hybridized carbons (Fsp3) is 0.571. The summed E-state index contributed by atoms with van der Waals surface area (Å²) in [6.45, 7) is 9.43. The second-order valence-electron chi connectivity index (χ2n) is 25.3. The van der Waals surface area contributed by atoms with Crippen molar-refractivity contribution in [2.45, 2.75) is 174 Å². The van der Waals surface area contributed by atoms with Gasteiger partial charge in [0.25, 0.3) is 17.4 Å². The Bertz CT molecular complexity index is 3610. The number of ketones is 1. The van der Waals surface area contributed by atoms with E-state index in [0.29, 0.717) is 57.4 Å². The van der Waals surface area contributed by atoms with Crippen LogP contribution >= 0.6 is 0 Å². The number of alkyl carbamates (subject to hydrolysis) is 1. The molecule has 510 valence electrons. The monoisotopic (exact) mass is 1320 g/mol. The lowest BCUT2D eigenvalue weighted by Gasteiger charge is -2.32. The summed E-state index contributed by atoms with van der Waals surface area (Å²) in [5, 5.41) is 48.7. The summed E-state index contributed by atoms with van der Waals surface area (Å²) in [6.07, 6.45) is -5.22. The molecule has 30 nitrogen and oxygen atoms in total. The maximum atomic E-state index is 15.6. The Kier molecular flexibility index (Phi) is 22.6. The third kappa shape index (κ3) is 15.4. The molecule has 1 fully saturated rings. The number of pyridine rings is 2. The number of benzene rings is 1. The van der Waals surface area contributed by atoms with E-state index in [4.69, 9.17) is 35.4 Å². The van der Waals surface area contributed by atoms with Crippen molar-refractivity contribution in [2.75, 3.05) is 39.6 Å². The molecular weight excluding hydrogens is 1230 g/mol. The number of fused-ring (bicyclic) bond motifs is 5. The van der Waals surface area contributed by atoms with Crippen LogP contribution in [0.4, 0.5) is 9.18 Å². The quantitative estimate of drug-likeness (QED) is 0.0129. The summed E-state index contributed by atoms with van der Waals surface area (Å²) in [6, 6.07) is -1.21.